The molecule has 0 amide bonds. The third-order valence-electron chi connectivity index (χ3n) is 1.54. The van der Waals surface area contributed by atoms with Crippen molar-refractivity contribution < 1.29 is 0 Å². The number of aromatic nitrogens is 1. The van der Waals surface area contributed by atoms with Gasteiger partial charge in [-0.15, -0.1) is 11.3 Å². The van der Waals surface area contributed by atoms with E-state index in [-0.39, 0.29) is 0 Å². The van der Waals surface area contributed by atoms with Crippen LogP contribution < -0.4 is 5.32 Å². The molecule has 0 saturated carbocycles. The summed E-state index contributed by atoms with van der Waals surface area (Å²) in [4.78, 5) is 5.84. The van der Waals surface area contributed by atoms with Crippen molar-refractivity contribution in [1.29, 1.82) is 0 Å². The van der Waals surface area contributed by atoms with Crippen LogP contribution >= 0.6 is 23.1 Å². The van der Waals surface area contributed by atoms with E-state index >= 15 is 0 Å². The number of nitrogens with zero attached hydrogens (tertiary/aromatic N) is 1. The Balaban J connectivity index is 2.70. The molecule has 0 fully saturated rings. The van der Waals surface area contributed by atoms with Crippen LogP contribution in [-0.4, -0.2) is 18.3 Å². The zero-order valence-electron chi connectivity index (χ0n) is 7.68. The summed E-state index contributed by atoms with van der Waals surface area (Å²) >= 11 is 3.64. The van der Waals surface area contributed by atoms with Gasteiger partial charge in [-0.05, 0) is 20.2 Å². The van der Waals surface area contributed by atoms with Gasteiger partial charge in [0.1, 0.15) is 5.01 Å². The van der Waals surface area contributed by atoms with E-state index in [2.05, 4.69) is 23.5 Å². The fraction of sp³-hybridized carbons (Fsp3) is 0.625. The molecular formula is C8H14N2S2. The number of hydrogen-bond acceptors (Lipinski definition) is 4. The van der Waals surface area contributed by atoms with E-state index in [9.17, 15) is 0 Å². The van der Waals surface area contributed by atoms with Crippen LogP contribution in [0.2, 0.25) is 0 Å². The Bertz CT molecular complexity index is 245. The van der Waals surface area contributed by atoms with Gasteiger partial charge in [-0.2, -0.15) is 11.8 Å². The highest BCUT2D eigenvalue weighted by molar-refractivity contribution is 7.97. The fourth-order valence-corrected chi connectivity index (χ4v) is 2.78. The summed E-state index contributed by atoms with van der Waals surface area (Å²) in [6.45, 7) is 3.02. The van der Waals surface area contributed by atoms with Crippen LogP contribution in [0.4, 0.5) is 0 Å². The number of thioether (sulfide) groups is 1. The van der Waals surface area contributed by atoms with Crippen LogP contribution in [0, 0.1) is 6.92 Å². The molecule has 0 atom stereocenters. The van der Waals surface area contributed by atoms with Crippen LogP contribution in [0.1, 0.15) is 15.6 Å². The minimum absolute atomic E-state index is 0.942. The predicted molar refractivity (Wildman–Crippen MR) is 56.8 cm³/mol. The molecule has 0 aliphatic carbocycles. The lowest BCUT2D eigenvalue weighted by molar-refractivity contribution is 0.822. The first-order valence-corrected chi connectivity index (χ1v) is 6.07. The van der Waals surface area contributed by atoms with Gasteiger partial charge in [0.05, 0.1) is 5.69 Å². The second-order valence-corrected chi connectivity index (χ2v) is 4.61. The number of rotatable bonds is 4. The van der Waals surface area contributed by atoms with Crippen LogP contribution in [0.3, 0.4) is 0 Å². The molecule has 1 aromatic heterocycles. The van der Waals surface area contributed by atoms with Crippen LogP contribution in [-0.2, 0) is 12.3 Å². The van der Waals surface area contributed by atoms with Gasteiger partial charge < -0.3 is 5.32 Å². The minimum atomic E-state index is 0.942. The van der Waals surface area contributed by atoms with E-state index in [1.807, 2.05) is 30.1 Å². The first-order valence-electron chi connectivity index (χ1n) is 3.86. The Hall–Kier alpha value is -0.0600. The zero-order chi connectivity index (χ0) is 8.97. The first-order chi connectivity index (χ1) is 5.77. The van der Waals surface area contributed by atoms with Gasteiger partial charge >= 0.3 is 0 Å². The van der Waals surface area contributed by atoms with E-state index in [1.54, 1.807) is 0 Å². The monoisotopic (exact) mass is 202 g/mol. The molecule has 1 heterocycles. The van der Waals surface area contributed by atoms with Crippen molar-refractivity contribution in [2.45, 2.75) is 19.2 Å². The van der Waals surface area contributed by atoms with Crippen molar-refractivity contribution in [2.75, 3.05) is 13.3 Å². The van der Waals surface area contributed by atoms with Crippen molar-refractivity contribution in [3.63, 3.8) is 0 Å². The number of hydrogen-bond donors (Lipinski definition) is 1. The second-order valence-electron chi connectivity index (χ2n) is 2.58. The third kappa shape index (κ3) is 2.47. The van der Waals surface area contributed by atoms with Crippen molar-refractivity contribution in [3.05, 3.63) is 15.6 Å². The van der Waals surface area contributed by atoms with E-state index in [1.165, 1.54) is 15.6 Å². The summed E-state index contributed by atoms with van der Waals surface area (Å²) in [7, 11) is 1.97. The van der Waals surface area contributed by atoms with Crippen molar-refractivity contribution in [1.82, 2.24) is 10.3 Å². The van der Waals surface area contributed by atoms with E-state index in [4.69, 9.17) is 0 Å². The largest absolute Gasteiger partial charge is 0.315 e. The molecule has 0 spiro atoms. The molecule has 0 aliphatic rings. The number of aryl methyl sites for hydroxylation is 1. The lowest BCUT2D eigenvalue weighted by Gasteiger charge is -1.93. The normalized spacial score (nSPS) is 10.6. The molecule has 0 saturated heterocycles. The summed E-state index contributed by atoms with van der Waals surface area (Å²) in [6, 6.07) is 0. The van der Waals surface area contributed by atoms with Gasteiger partial charge in [0, 0.05) is 17.2 Å². The Morgan fingerprint density at radius 3 is 2.92 bits per heavy atom. The standard InChI is InChI=1S/C8H14N2S2/c1-6-7(4-9-2)12-8(10-6)5-11-3/h9H,4-5H2,1-3H3. The minimum Gasteiger partial charge on any atom is -0.315 e. The Kier molecular flexibility index (Phi) is 4.05. The van der Waals surface area contributed by atoms with E-state index < -0.39 is 0 Å². The fourth-order valence-electron chi connectivity index (χ4n) is 0.998. The summed E-state index contributed by atoms with van der Waals surface area (Å²) in [5.41, 5.74) is 1.18. The third-order valence-corrected chi connectivity index (χ3v) is 3.44. The Morgan fingerprint density at radius 1 is 1.58 bits per heavy atom. The molecule has 1 rings (SSSR count). The van der Waals surface area contributed by atoms with Crippen molar-refractivity contribution in [2.24, 2.45) is 0 Å². The average molecular weight is 202 g/mol. The maximum Gasteiger partial charge on any atom is 0.103 e. The van der Waals surface area contributed by atoms with Gasteiger partial charge in [0.25, 0.3) is 0 Å². The second kappa shape index (κ2) is 4.84. The molecule has 1 aromatic rings. The SMILES string of the molecule is CNCc1sc(CSC)nc1C. The van der Waals surface area contributed by atoms with Crippen molar-refractivity contribution >= 4 is 23.1 Å². The molecule has 68 valence electrons. The lowest BCUT2D eigenvalue weighted by Crippen LogP contribution is -2.04. The lowest BCUT2D eigenvalue weighted by atomic mass is 10.4. The highest BCUT2D eigenvalue weighted by Crippen LogP contribution is 2.20. The van der Waals surface area contributed by atoms with Gasteiger partial charge in [-0.3, -0.25) is 0 Å². The Labute approximate surface area is 81.8 Å². The van der Waals surface area contributed by atoms with Gasteiger partial charge in [-0.25, -0.2) is 4.98 Å². The maximum absolute atomic E-state index is 4.48. The molecule has 2 nitrogen and oxygen atoms in total. The molecular weight excluding hydrogens is 188 g/mol. The molecule has 0 bridgehead atoms. The van der Waals surface area contributed by atoms with Gasteiger partial charge in [0.2, 0.25) is 0 Å². The molecule has 1 N–H and O–H groups in total. The van der Waals surface area contributed by atoms with Gasteiger partial charge in [-0.1, -0.05) is 0 Å². The molecule has 12 heavy (non-hydrogen) atoms. The van der Waals surface area contributed by atoms with Crippen LogP contribution in [0.15, 0.2) is 0 Å². The van der Waals surface area contributed by atoms with E-state index in [0.29, 0.717) is 0 Å². The number of nitrogens with one attached hydrogen (secondary N) is 1. The van der Waals surface area contributed by atoms with Gasteiger partial charge in [0.15, 0.2) is 0 Å². The molecule has 0 radical (unpaired) electrons. The first kappa shape index (κ1) is 10.0. The predicted octanol–water partition coefficient (Wildman–Crippen LogP) is 2.03. The summed E-state index contributed by atoms with van der Waals surface area (Å²) < 4.78 is 0. The quantitative estimate of drug-likeness (QED) is 0.808. The zero-order valence-corrected chi connectivity index (χ0v) is 9.31. The van der Waals surface area contributed by atoms with Crippen LogP contribution in [0.25, 0.3) is 0 Å². The molecule has 4 heteroatoms. The molecule has 0 unspecified atom stereocenters. The summed E-state index contributed by atoms with van der Waals surface area (Å²) in [5, 5.41) is 4.38. The molecule has 0 aliphatic heterocycles. The van der Waals surface area contributed by atoms with E-state index in [0.717, 1.165) is 12.3 Å². The maximum atomic E-state index is 4.48. The van der Waals surface area contributed by atoms with Crippen molar-refractivity contribution in [3.8, 4) is 0 Å². The molecule has 0 aromatic carbocycles. The Morgan fingerprint density at radius 2 is 2.33 bits per heavy atom. The topological polar surface area (TPSA) is 24.9 Å². The summed E-state index contributed by atoms with van der Waals surface area (Å²) in [5.74, 6) is 1.04. The highest BCUT2D eigenvalue weighted by atomic mass is 32.2. The smallest absolute Gasteiger partial charge is 0.103 e. The highest BCUT2D eigenvalue weighted by Gasteiger charge is 2.05. The number of thiazole rings is 1. The van der Waals surface area contributed by atoms with Crippen LogP contribution in [0.5, 0.6) is 0 Å². The summed E-state index contributed by atoms with van der Waals surface area (Å²) in [6.07, 6.45) is 2.11. The average Bonchev–Trinajstić information content (AvgIpc) is 2.34.